The van der Waals surface area contributed by atoms with Gasteiger partial charge in [0.25, 0.3) is 10.0 Å². The second-order valence-electron chi connectivity index (χ2n) is 5.32. The highest BCUT2D eigenvalue weighted by molar-refractivity contribution is 7.92. The fourth-order valence-corrected chi connectivity index (χ4v) is 2.80. The van der Waals surface area contributed by atoms with E-state index in [1.807, 2.05) is 32.9 Å². The number of benzene rings is 1. The van der Waals surface area contributed by atoms with Gasteiger partial charge >= 0.3 is 0 Å². The average molecular weight is 279 g/mol. The van der Waals surface area contributed by atoms with Crippen molar-refractivity contribution in [1.29, 1.82) is 0 Å². The minimum Gasteiger partial charge on any atom is -0.334 e. The van der Waals surface area contributed by atoms with E-state index in [4.69, 9.17) is 0 Å². The lowest BCUT2D eigenvalue weighted by Gasteiger charge is -2.23. The molecule has 0 aliphatic carbocycles. The Morgan fingerprint density at radius 2 is 1.89 bits per heavy atom. The minimum absolute atomic E-state index is 0.0520. The molecule has 0 spiro atoms. The Bertz CT molecular complexity index is 655. The van der Waals surface area contributed by atoms with E-state index in [0.29, 0.717) is 5.69 Å². The Hall–Kier alpha value is -1.82. The molecular formula is C13H17N3O2S. The van der Waals surface area contributed by atoms with Crippen molar-refractivity contribution in [3.63, 3.8) is 0 Å². The van der Waals surface area contributed by atoms with E-state index < -0.39 is 10.0 Å². The van der Waals surface area contributed by atoms with E-state index in [-0.39, 0.29) is 10.4 Å². The maximum atomic E-state index is 12.2. The fraction of sp³-hybridized carbons (Fsp3) is 0.308. The van der Waals surface area contributed by atoms with Gasteiger partial charge in [-0.1, -0.05) is 39.0 Å². The first-order chi connectivity index (χ1) is 8.81. The molecule has 1 aromatic carbocycles. The highest BCUT2D eigenvalue weighted by atomic mass is 32.2. The predicted octanol–water partition coefficient (Wildman–Crippen LogP) is 2.51. The topological polar surface area (TPSA) is 74.8 Å². The Morgan fingerprint density at radius 1 is 1.21 bits per heavy atom. The number of para-hydroxylation sites is 1. The quantitative estimate of drug-likeness (QED) is 0.906. The zero-order valence-corrected chi connectivity index (χ0v) is 12.0. The maximum Gasteiger partial charge on any atom is 0.278 e. The summed E-state index contributed by atoms with van der Waals surface area (Å²) >= 11 is 0. The smallest absolute Gasteiger partial charge is 0.278 e. The van der Waals surface area contributed by atoms with Crippen molar-refractivity contribution >= 4 is 15.7 Å². The van der Waals surface area contributed by atoms with Crippen LogP contribution in [0.2, 0.25) is 0 Å². The molecule has 0 fully saturated rings. The van der Waals surface area contributed by atoms with Crippen molar-refractivity contribution in [1.82, 2.24) is 9.97 Å². The molecule has 2 rings (SSSR count). The number of nitrogens with one attached hydrogen (secondary N) is 2. The van der Waals surface area contributed by atoms with Gasteiger partial charge in [-0.05, 0) is 17.0 Å². The molecule has 0 saturated heterocycles. The summed E-state index contributed by atoms with van der Waals surface area (Å²) in [5.74, 6) is 0. The summed E-state index contributed by atoms with van der Waals surface area (Å²) in [6.45, 7) is 6.11. The molecule has 0 amide bonds. The van der Waals surface area contributed by atoms with Crippen molar-refractivity contribution in [3.05, 3.63) is 42.4 Å². The average Bonchev–Trinajstić information content (AvgIpc) is 2.81. The molecule has 0 saturated carbocycles. The molecule has 0 bridgehead atoms. The molecule has 19 heavy (non-hydrogen) atoms. The summed E-state index contributed by atoms with van der Waals surface area (Å²) < 4.78 is 26.9. The first kappa shape index (κ1) is 13.6. The Kier molecular flexibility index (Phi) is 3.36. The van der Waals surface area contributed by atoms with Gasteiger partial charge in [0.1, 0.15) is 0 Å². The number of H-pyrrole nitrogens is 1. The van der Waals surface area contributed by atoms with Crippen LogP contribution in [0.5, 0.6) is 0 Å². The van der Waals surface area contributed by atoms with Gasteiger partial charge in [0.2, 0.25) is 0 Å². The maximum absolute atomic E-state index is 12.2. The Labute approximate surface area is 113 Å². The summed E-state index contributed by atoms with van der Waals surface area (Å²) in [4.78, 5) is 6.32. The van der Waals surface area contributed by atoms with E-state index in [1.165, 1.54) is 12.5 Å². The zero-order valence-electron chi connectivity index (χ0n) is 11.1. The second kappa shape index (κ2) is 4.70. The van der Waals surface area contributed by atoms with Crippen molar-refractivity contribution in [2.45, 2.75) is 31.2 Å². The Balaban J connectivity index is 2.40. The molecule has 1 aromatic heterocycles. The van der Waals surface area contributed by atoms with Crippen molar-refractivity contribution < 1.29 is 8.42 Å². The van der Waals surface area contributed by atoms with Crippen LogP contribution in [-0.2, 0) is 15.4 Å². The molecule has 5 nitrogen and oxygen atoms in total. The number of hydrogen-bond donors (Lipinski definition) is 2. The minimum atomic E-state index is -3.62. The molecule has 2 aromatic rings. The highest BCUT2D eigenvalue weighted by Gasteiger charge is 2.22. The van der Waals surface area contributed by atoms with E-state index in [1.54, 1.807) is 12.1 Å². The van der Waals surface area contributed by atoms with Gasteiger partial charge in [-0.2, -0.15) is 8.42 Å². The molecule has 1 heterocycles. The van der Waals surface area contributed by atoms with Crippen LogP contribution >= 0.6 is 0 Å². The molecule has 0 aliphatic heterocycles. The van der Waals surface area contributed by atoms with Crippen LogP contribution in [0.3, 0.4) is 0 Å². The van der Waals surface area contributed by atoms with Gasteiger partial charge in [0, 0.05) is 0 Å². The number of anilines is 1. The first-order valence-electron chi connectivity index (χ1n) is 5.91. The highest BCUT2D eigenvalue weighted by Crippen LogP contribution is 2.30. The van der Waals surface area contributed by atoms with Gasteiger partial charge in [0.05, 0.1) is 18.2 Å². The van der Waals surface area contributed by atoms with E-state index in [9.17, 15) is 8.42 Å². The summed E-state index contributed by atoms with van der Waals surface area (Å²) in [6.07, 6.45) is 2.62. The summed E-state index contributed by atoms with van der Waals surface area (Å²) in [5.41, 5.74) is 1.38. The third-order valence-corrected chi connectivity index (χ3v) is 4.03. The fourth-order valence-electron chi connectivity index (χ4n) is 1.82. The lowest BCUT2D eigenvalue weighted by Crippen LogP contribution is -2.19. The normalized spacial score (nSPS) is 12.4. The van der Waals surface area contributed by atoms with E-state index >= 15 is 0 Å². The van der Waals surface area contributed by atoms with Crippen LogP contribution in [0.4, 0.5) is 5.69 Å². The third kappa shape index (κ3) is 2.96. The monoisotopic (exact) mass is 279 g/mol. The first-order valence-corrected chi connectivity index (χ1v) is 7.40. The van der Waals surface area contributed by atoms with Crippen molar-refractivity contribution in [2.24, 2.45) is 0 Å². The van der Waals surface area contributed by atoms with Crippen LogP contribution in [0, 0.1) is 0 Å². The summed E-state index contributed by atoms with van der Waals surface area (Å²) in [5, 5.41) is 0.0520. The van der Waals surface area contributed by atoms with Crippen LogP contribution in [0.25, 0.3) is 0 Å². The van der Waals surface area contributed by atoms with E-state index in [2.05, 4.69) is 14.7 Å². The lowest BCUT2D eigenvalue weighted by molar-refractivity contribution is 0.589. The molecule has 6 heteroatoms. The summed E-state index contributed by atoms with van der Waals surface area (Å²) in [7, 11) is -3.62. The van der Waals surface area contributed by atoms with Crippen molar-refractivity contribution in [2.75, 3.05) is 4.72 Å². The Morgan fingerprint density at radius 3 is 2.47 bits per heavy atom. The van der Waals surface area contributed by atoms with Crippen LogP contribution in [0.1, 0.15) is 26.3 Å². The number of imidazole rings is 1. The molecular weight excluding hydrogens is 262 g/mol. The molecule has 102 valence electrons. The molecule has 0 unspecified atom stereocenters. The standard InChI is InChI=1S/C13H17N3O2S/c1-13(2,3)10-6-4-5-7-11(10)16-19(17,18)12-8-14-9-15-12/h4-9,16H,1-3H3,(H,14,15). The predicted molar refractivity (Wildman–Crippen MR) is 74.5 cm³/mol. The van der Waals surface area contributed by atoms with E-state index in [0.717, 1.165) is 5.56 Å². The lowest BCUT2D eigenvalue weighted by atomic mass is 9.86. The number of nitrogens with zero attached hydrogens (tertiary/aromatic N) is 1. The molecule has 0 aliphatic rings. The van der Waals surface area contributed by atoms with Gasteiger partial charge in [-0.3, -0.25) is 4.72 Å². The largest absolute Gasteiger partial charge is 0.334 e. The SMILES string of the molecule is CC(C)(C)c1ccccc1NS(=O)(=O)c1cnc[nH]1. The van der Waals surface area contributed by atoms with Crippen LogP contribution in [0.15, 0.2) is 41.8 Å². The van der Waals surface area contributed by atoms with Gasteiger partial charge in [-0.25, -0.2) is 4.98 Å². The van der Waals surface area contributed by atoms with Crippen LogP contribution in [-0.4, -0.2) is 18.4 Å². The molecule has 0 radical (unpaired) electrons. The van der Waals surface area contributed by atoms with Gasteiger partial charge in [0.15, 0.2) is 5.03 Å². The van der Waals surface area contributed by atoms with Gasteiger partial charge < -0.3 is 4.98 Å². The second-order valence-corrected chi connectivity index (χ2v) is 6.97. The number of rotatable bonds is 3. The van der Waals surface area contributed by atoms with Crippen LogP contribution < -0.4 is 4.72 Å². The third-order valence-electron chi connectivity index (χ3n) is 2.74. The number of aromatic amines is 1. The molecule has 2 N–H and O–H groups in total. The van der Waals surface area contributed by atoms with Gasteiger partial charge in [-0.15, -0.1) is 0 Å². The summed E-state index contributed by atoms with van der Waals surface area (Å²) in [6, 6.07) is 7.38. The number of hydrogen-bond acceptors (Lipinski definition) is 3. The molecule has 0 atom stereocenters. The zero-order chi connectivity index (χ0) is 14.1. The number of aromatic nitrogens is 2. The van der Waals surface area contributed by atoms with Crippen molar-refractivity contribution in [3.8, 4) is 0 Å². The number of sulfonamides is 1.